The Kier molecular flexibility index (Phi) is 3.24. The molecular formula is C20H15NS. The van der Waals surface area contributed by atoms with Crippen LogP contribution in [0.1, 0.15) is 5.56 Å². The molecule has 2 heterocycles. The zero-order valence-corrected chi connectivity index (χ0v) is 13.1. The molecule has 0 aliphatic heterocycles. The Morgan fingerprint density at radius 3 is 2.36 bits per heavy atom. The van der Waals surface area contributed by atoms with Crippen molar-refractivity contribution in [3.8, 4) is 21.7 Å². The zero-order chi connectivity index (χ0) is 14.9. The minimum atomic E-state index is 1.03. The lowest BCUT2D eigenvalue weighted by Gasteiger charge is -1.99. The van der Waals surface area contributed by atoms with Gasteiger partial charge in [-0.05, 0) is 24.6 Å². The van der Waals surface area contributed by atoms with E-state index in [-0.39, 0.29) is 0 Å². The van der Waals surface area contributed by atoms with Gasteiger partial charge in [-0.15, -0.1) is 11.3 Å². The fourth-order valence-electron chi connectivity index (χ4n) is 2.56. The van der Waals surface area contributed by atoms with Crippen molar-refractivity contribution < 1.29 is 0 Å². The van der Waals surface area contributed by atoms with Crippen LogP contribution < -0.4 is 0 Å². The van der Waals surface area contributed by atoms with E-state index >= 15 is 0 Å². The molecule has 0 amide bonds. The maximum absolute atomic E-state index is 4.60. The van der Waals surface area contributed by atoms with Gasteiger partial charge in [0, 0.05) is 26.7 Å². The molecule has 0 saturated carbocycles. The number of benzene rings is 2. The van der Waals surface area contributed by atoms with Gasteiger partial charge in [-0.3, -0.25) is 4.98 Å². The van der Waals surface area contributed by atoms with Gasteiger partial charge in [0.2, 0.25) is 0 Å². The maximum Gasteiger partial charge on any atom is 0.0716 e. The van der Waals surface area contributed by atoms with Crippen molar-refractivity contribution in [2.45, 2.75) is 6.92 Å². The minimum absolute atomic E-state index is 1.03. The summed E-state index contributed by atoms with van der Waals surface area (Å²) in [6, 6.07) is 23.4. The van der Waals surface area contributed by atoms with Gasteiger partial charge in [-0.1, -0.05) is 60.2 Å². The summed E-state index contributed by atoms with van der Waals surface area (Å²) in [7, 11) is 0. The number of thiophene rings is 1. The first kappa shape index (κ1) is 13.2. The molecule has 0 aliphatic carbocycles. The quantitative estimate of drug-likeness (QED) is 0.446. The molecule has 4 rings (SSSR count). The Hall–Kier alpha value is -2.45. The number of hydrogen-bond acceptors (Lipinski definition) is 2. The van der Waals surface area contributed by atoms with Crippen molar-refractivity contribution in [1.82, 2.24) is 4.98 Å². The monoisotopic (exact) mass is 301 g/mol. The first-order chi connectivity index (χ1) is 10.8. The number of pyridine rings is 1. The summed E-state index contributed by atoms with van der Waals surface area (Å²) in [6.45, 7) is 2.12. The number of aryl methyl sites for hydroxylation is 1. The van der Waals surface area contributed by atoms with Crippen LogP contribution in [0.25, 0.3) is 31.8 Å². The fourth-order valence-corrected chi connectivity index (χ4v) is 3.64. The molecule has 2 heteroatoms. The molecule has 106 valence electrons. The summed E-state index contributed by atoms with van der Waals surface area (Å²) in [4.78, 5) is 5.90. The highest BCUT2D eigenvalue weighted by Gasteiger charge is 2.07. The highest BCUT2D eigenvalue weighted by Crippen LogP contribution is 2.34. The van der Waals surface area contributed by atoms with Gasteiger partial charge in [0.05, 0.1) is 5.69 Å². The second-order valence-corrected chi connectivity index (χ2v) is 6.53. The van der Waals surface area contributed by atoms with Crippen molar-refractivity contribution >= 4 is 21.4 Å². The number of nitrogens with zero attached hydrogens (tertiary/aromatic N) is 1. The Balaban J connectivity index is 1.80. The van der Waals surface area contributed by atoms with Crippen LogP contribution in [0.2, 0.25) is 0 Å². The molecule has 0 unspecified atom stereocenters. The molecular weight excluding hydrogens is 286 g/mol. The second-order valence-electron chi connectivity index (χ2n) is 5.45. The summed E-state index contributed by atoms with van der Waals surface area (Å²) in [6.07, 6.45) is 1.98. The average molecular weight is 301 g/mol. The third-order valence-electron chi connectivity index (χ3n) is 3.81. The number of rotatable bonds is 2. The predicted octanol–water partition coefficient (Wildman–Crippen LogP) is 5.94. The van der Waals surface area contributed by atoms with E-state index in [9.17, 15) is 0 Å². The molecule has 1 nitrogen and oxygen atoms in total. The molecule has 0 N–H and O–H groups in total. The molecule has 4 aromatic rings. The fraction of sp³-hybridized carbons (Fsp3) is 0.0500. The van der Waals surface area contributed by atoms with Crippen LogP contribution in [0, 0.1) is 6.92 Å². The van der Waals surface area contributed by atoms with E-state index < -0.39 is 0 Å². The van der Waals surface area contributed by atoms with Crippen LogP contribution in [0.5, 0.6) is 0 Å². The Labute approximate surface area is 133 Å². The maximum atomic E-state index is 4.60. The van der Waals surface area contributed by atoms with Crippen molar-refractivity contribution in [3.05, 3.63) is 78.5 Å². The lowest BCUT2D eigenvalue weighted by Crippen LogP contribution is -1.81. The second kappa shape index (κ2) is 5.39. The van der Waals surface area contributed by atoms with Gasteiger partial charge < -0.3 is 0 Å². The minimum Gasteiger partial charge on any atom is -0.256 e. The van der Waals surface area contributed by atoms with Crippen LogP contribution in [0.15, 0.2) is 72.9 Å². The summed E-state index contributed by atoms with van der Waals surface area (Å²) in [5, 5.41) is 1.21. The van der Waals surface area contributed by atoms with Crippen molar-refractivity contribution in [3.63, 3.8) is 0 Å². The third-order valence-corrected chi connectivity index (χ3v) is 4.95. The molecule has 22 heavy (non-hydrogen) atoms. The van der Waals surface area contributed by atoms with Gasteiger partial charge in [0.25, 0.3) is 0 Å². The van der Waals surface area contributed by atoms with Crippen LogP contribution in [-0.2, 0) is 0 Å². The molecule has 0 saturated heterocycles. The molecule has 0 spiro atoms. The molecule has 0 fully saturated rings. The Morgan fingerprint density at radius 1 is 0.818 bits per heavy atom. The van der Waals surface area contributed by atoms with Gasteiger partial charge in [-0.2, -0.15) is 0 Å². The largest absolute Gasteiger partial charge is 0.256 e. The van der Waals surface area contributed by atoms with E-state index in [4.69, 9.17) is 0 Å². The predicted molar refractivity (Wildman–Crippen MR) is 95.2 cm³/mol. The van der Waals surface area contributed by atoms with Crippen molar-refractivity contribution in [1.29, 1.82) is 0 Å². The van der Waals surface area contributed by atoms with Gasteiger partial charge >= 0.3 is 0 Å². The van der Waals surface area contributed by atoms with E-state index in [0.717, 1.165) is 11.3 Å². The highest BCUT2D eigenvalue weighted by atomic mass is 32.1. The number of hydrogen-bond donors (Lipinski definition) is 0. The van der Waals surface area contributed by atoms with Crippen LogP contribution >= 0.6 is 11.3 Å². The molecule has 0 bridgehead atoms. The molecule has 0 aliphatic rings. The van der Waals surface area contributed by atoms with E-state index in [2.05, 4.69) is 60.4 Å². The van der Waals surface area contributed by atoms with Crippen molar-refractivity contribution in [2.24, 2.45) is 0 Å². The molecule has 2 aromatic carbocycles. The van der Waals surface area contributed by atoms with E-state index in [0.29, 0.717) is 0 Å². The third kappa shape index (κ3) is 2.42. The van der Waals surface area contributed by atoms with E-state index in [1.54, 1.807) is 0 Å². The topological polar surface area (TPSA) is 12.9 Å². The highest BCUT2D eigenvalue weighted by molar-refractivity contribution is 7.22. The first-order valence-corrected chi connectivity index (χ1v) is 8.13. The molecule has 0 radical (unpaired) electrons. The van der Waals surface area contributed by atoms with E-state index in [1.807, 2.05) is 35.7 Å². The van der Waals surface area contributed by atoms with Gasteiger partial charge in [0.1, 0.15) is 0 Å². The summed E-state index contributed by atoms with van der Waals surface area (Å²) < 4.78 is 1.28. The SMILES string of the molecule is Cc1ccc(-c2cc3cnc(-c4ccccc4)cc3s2)cc1. The average Bonchev–Trinajstić information content (AvgIpc) is 2.99. The van der Waals surface area contributed by atoms with Crippen molar-refractivity contribution in [2.75, 3.05) is 0 Å². The lowest BCUT2D eigenvalue weighted by atomic mass is 10.1. The Morgan fingerprint density at radius 2 is 1.59 bits per heavy atom. The van der Waals surface area contributed by atoms with E-state index in [1.165, 1.54) is 26.1 Å². The molecule has 0 atom stereocenters. The first-order valence-electron chi connectivity index (χ1n) is 7.32. The van der Waals surface area contributed by atoms with Gasteiger partial charge in [0.15, 0.2) is 0 Å². The van der Waals surface area contributed by atoms with Crippen LogP contribution in [0.3, 0.4) is 0 Å². The lowest BCUT2D eigenvalue weighted by molar-refractivity contribution is 1.36. The van der Waals surface area contributed by atoms with Crippen LogP contribution in [0.4, 0.5) is 0 Å². The summed E-state index contributed by atoms with van der Waals surface area (Å²) >= 11 is 1.83. The smallest absolute Gasteiger partial charge is 0.0716 e. The van der Waals surface area contributed by atoms with Crippen LogP contribution in [-0.4, -0.2) is 4.98 Å². The normalized spacial score (nSPS) is 11.0. The Bertz CT molecular complexity index is 921. The summed E-state index contributed by atoms with van der Waals surface area (Å²) in [5.41, 5.74) is 4.76. The number of aromatic nitrogens is 1. The number of fused-ring (bicyclic) bond motifs is 1. The zero-order valence-electron chi connectivity index (χ0n) is 12.3. The standard InChI is InChI=1S/C20H15NS/c1-14-7-9-16(10-8-14)19-11-17-13-21-18(12-20(17)22-19)15-5-3-2-4-6-15/h2-13H,1H3. The summed E-state index contributed by atoms with van der Waals surface area (Å²) in [5.74, 6) is 0. The molecule has 2 aromatic heterocycles. The van der Waals surface area contributed by atoms with Gasteiger partial charge in [-0.25, -0.2) is 0 Å².